The minimum Gasteiger partial charge on any atom is -0.377 e. The third kappa shape index (κ3) is 3.69. The highest BCUT2D eigenvalue weighted by molar-refractivity contribution is 4.91. The molecule has 3 fully saturated rings. The van der Waals surface area contributed by atoms with E-state index in [1.807, 2.05) is 0 Å². The third-order valence-electron chi connectivity index (χ3n) is 4.58. The average molecular weight is 252 g/mol. The van der Waals surface area contributed by atoms with Gasteiger partial charge in [0, 0.05) is 38.3 Å². The summed E-state index contributed by atoms with van der Waals surface area (Å²) >= 11 is 0. The summed E-state index contributed by atoms with van der Waals surface area (Å²) < 4.78 is 5.65. The van der Waals surface area contributed by atoms with E-state index in [0.29, 0.717) is 12.1 Å². The summed E-state index contributed by atoms with van der Waals surface area (Å²) in [6, 6.07) is 1.60. The van der Waals surface area contributed by atoms with Crippen molar-refractivity contribution in [2.24, 2.45) is 5.92 Å². The first kappa shape index (κ1) is 12.9. The second kappa shape index (κ2) is 5.89. The van der Waals surface area contributed by atoms with Crippen LogP contribution >= 0.6 is 0 Å². The fourth-order valence-electron chi connectivity index (χ4n) is 3.07. The summed E-state index contributed by atoms with van der Waals surface area (Å²) in [7, 11) is 0. The monoisotopic (exact) mass is 252 g/mol. The van der Waals surface area contributed by atoms with Crippen molar-refractivity contribution in [3.63, 3.8) is 0 Å². The minimum absolute atomic E-state index is 0.481. The second-order valence-electron chi connectivity index (χ2n) is 6.51. The maximum absolute atomic E-state index is 5.65. The lowest BCUT2D eigenvalue weighted by Gasteiger charge is -2.29. The Labute approximate surface area is 111 Å². The standard InChI is InChI=1S/C15H28N2O/c1-12(9-16-10-15-3-2-8-18-15)17(14-6-7-14)11-13-4-5-13/h12-16H,2-11H2,1H3. The van der Waals surface area contributed by atoms with E-state index < -0.39 is 0 Å². The average Bonchev–Trinajstić information content (AvgIpc) is 3.27. The molecular formula is C15H28N2O. The number of nitrogens with one attached hydrogen (secondary N) is 1. The highest BCUT2D eigenvalue weighted by atomic mass is 16.5. The van der Waals surface area contributed by atoms with Gasteiger partial charge in [0.05, 0.1) is 6.10 Å². The molecule has 104 valence electrons. The summed E-state index contributed by atoms with van der Waals surface area (Å²) in [5.41, 5.74) is 0. The van der Waals surface area contributed by atoms with Crippen molar-refractivity contribution in [2.75, 3.05) is 26.2 Å². The zero-order valence-electron chi connectivity index (χ0n) is 11.7. The molecule has 2 saturated carbocycles. The highest BCUT2D eigenvalue weighted by Gasteiger charge is 2.35. The molecule has 0 aromatic heterocycles. The van der Waals surface area contributed by atoms with Gasteiger partial charge in [0.25, 0.3) is 0 Å². The Bertz CT molecular complexity index is 257. The molecule has 1 aliphatic heterocycles. The quantitative estimate of drug-likeness (QED) is 0.715. The zero-order valence-corrected chi connectivity index (χ0v) is 11.7. The van der Waals surface area contributed by atoms with Crippen LogP contribution in [0.25, 0.3) is 0 Å². The van der Waals surface area contributed by atoms with Crippen molar-refractivity contribution in [1.82, 2.24) is 10.2 Å². The Morgan fingerprint density at radius 3 is 2.67 bits per heavy atom. The van der Waals surface area contributed by atoms with Gasteiger partial charge in [0.2, 0.25) is 0 Å². The van der Waals surface area contributed by atoms with E-state index in [1.165, 1.54) is 45.1 Å². The molecular weight excluding hydrogens is 224 g/mol. The fraction of sp³-hybridized carbons (Fsp3) is 1.00. The van der Waals surface area contributed by atoms with Crippen LogP contribution in [-0.4, -0.2) is 49.3 Å². The van der Waals surface area contributed by atoms with Gasteiger partial charge in [-0.2, -0.15) is 0 Å². The van der Waals surface area contributed by atoms with E-state index in [0.717, 1.165) is 31.7 Å². The molecule has 3 rings (SSSR count). The number of hydrogen-bond donors (Lipinski definition) is 1. The van der Waals surface area contributed by atoms with Gasteiger partial charge < -0.3 is 10.1 Å². The van der Waals surface area contributed by atoms with Gasteiger partial charge in [-0.05, 0) is 51.4 Å². The summed E-state index contributed by atoms with van der Waals surface area (Å²) in [6.45, 7) is 6.89. The van der Waals surface area contributed by atoms with E-state index in [9.17, 15) is 0 Å². The van der Waals surface area contributed by atoms with E-state index >= 15 is 0 Å². The van der Waals surface area contributed by atoms with Crippen molar-refractivity contribution in [1.29, 1.82) is 0 Å². The highest BCUT2D eigenvalue weighted by Crippen LogP contribution is 2.35. The number of nitrogens with zero attached hydrogens (tertiary/aromatic N) is 1. The van der Waals surface area contributed by atoms with Crippen molar-refractivity contribution < 1.29 is 4.74 Å². The molecule has 0 spiro atoms. The Hall–Kier alpha value is -0.120. The van der Waals surface area contributed by atoms with Gasteiger partial charge in [-0.1, -0.05) is 0 Å². The molecule has 1 N–H and O–H groups in total. The molecule has 0 bridgehead atoms. The smallest absolute Gasteiger partial charge is 0.0700 e. The normalized spacial score (nSPS) is 30.0. The van der Waals surface area contributed by atoms with Crippen LogP contribution in [0.5, 0.6) is 0 Å². The van der Waals surface area contributed by atoms with Crippen LogP contribution < -0.4 is 5.32 Å². The Balaban J connectivity index is 1.36. The van der Waals surface area contributed by atoms with Crippen molar-refractivity contribution in [3.8, 4) is 0 Å². The topological polar surface area (TPSA) is 24.5 Å². The molecule has 1 saturated heterocycles. The van der Waals surface area contributed by atoms with Crippen LogP contribution in [0, 0.1) is 5.92 Å². The lowest BCUT2D eigenvalue weighted by atomic mass is 10.2. The molecule has 2 unspecified atom stereocenters. The minimum atomic E-state index is 0.481. The molecule has 2 atom stereocenters. The van der Waals surface area contributed by atoms with Crippen LogP contribution in [0.4, 0.5) is 0 Å². The van der Waals surface area contributed by atoms with E-state index in [1.54, 1.807) is 0 Å². The van der Waals surface area contributed by atoms with E-state index in [2.05, 4.69) is 17.1 Å². The SMILES string of the molecule is CC(CNCC1CCCO1)N(CC1CC1)C1CC1. The summed E-state index contributed by atoms with van der Waals surface area (Å²) in [5, 5.41) is 3.62. The van der Waals surface area contributed by atoms with Crippen LogP contribution in [-0.2, 0) is 4.74 Å². The van der Waals surface area contributed by atoms with E-state index in [-0.39, 0.29) is 0 Å². The lowest BCUT2D eigenvalue weighted by Crippen LogP contribution is -2.44. The molecule has 18 heavy (non-hydrogen) atoms. The zero-order chi connectivity index (χ0) is 12.4. The van der Waals surface area contributed by atoms with Gasteiger partial charge >= 0.3 is 0 Å². The molecule has 0 amide bonds. The summed E-state index contributed by atoms with van der Waals surface area (Å²) in [6.07, 6.45) is 8.78. The maximum Gasteiger partial charge on any atom is 0.0700 e. The van der Waals surface area contributed by atoms with Gasteiger partial charge in [-0.3, -0.25) is 4.90 Å². The molecule has 2 aliphatic carbocycles. The summed E-state index contributed by atoms with van der Waals surface area (Å²) in [5.74, 6) is 1.02. The molecule has 3 nitrogen and oxygen atoms in total. The third-order valence-corrected chi connectivity index (χ3v) is 4.58. The second-order valence-corrected chi connectivity index (χ2v) is 6.51. The Kier molecular flexibility index (Phi) is 4.22. The fourth-order valence-corrected chi connectivity index (χ4v) is 3.07. The predicted octanol–water partition coefficient (Wildman–Crippen LogP) is 2.02. The van der Waals surface area contributed by atoms with Gasteiger partial charge in [-0.15, -0.1) is 0 Å². The van der Waals surface area contributed by atoms with Crippen LogP contribution in [0.1, 0.15) is 45.4 Å². The number of hydrogen-bond acceptors (Lipinski definition) is 3. The van der Waals surface area contributed by atoms with E-state index in [4.69, 9.17) is 4.74 Å². The van der Waals surface area contributed by atoms with Gasteiger partial charge in [0.15, 0.2) is 0 Å². The predicted molar refractivity (Wildman–Crippen MR) is 73.8 cm³/mol. The largest absolute Gasteiger partial charge is 0.377 e. The van der Waals surface area contributed by atoms with Crippen LogP contribution in [0.2, 0.25) is 0 Å². The molecule has 0 aromatic carbocycles. The number of ether oxygens (including phenoxy) is 1. The Morgan fingerprint density at radius 1 is 1.22 bits per heavy atom. The van der Waals surface area contributed by atoms with Crippen LogP contribution in [0.15, 0.2) is 0 Å². The first-order valence-electron chi connectivity index (χ1n) is 7.91. The Morgan fingerprint density at radius 2 is 2.06 bits per heavy atom. The summed E-state index contributed by atoms with van der Waals surface area (Å²) in [4.78, 5) is 2.76. The molecule has 1 heterocycles. The lowest BCUT2D eigenvalue weighted by molar-refractivity contribution is 0.106. The van der Waals surface area contributed by atoms with Crippen molar-refractivity contribution in [3.05, 3.63) is 0 Å². The molecule has 3 heteroatoms. The van der Waals surface area contributed by atoms with Crippen molar-refractivity contribution in [2.45, 2.75) is 63.6 Å². The van der Waals surface area contributed by atoms with Gasteiger partial charge in [0.1, 0.15) is 0 Å². The van der Waals surface area contributed by atoms with Crippen LogP contribution in [0.3, 0.4) is 0 Å². The maximum atomic E-state index is 5.65. The first-order chi connectivity index (χ1) is 8.83. The van der Waals surface area contributed by atoms with Gasteiger partial charge in [-0.25, -0.2) is 0 Å². The molecule has 3 aliphatic rings. The first-order valence-corrected chi connectivity index (χ1v) is 7.91. The number of rotatable bonds is 8. The van der Waals surface area contributed by atoms with Crippen molar-refractivity contribution >= 4 is 0 Å². The molecule has 0 radical (unpaired) electrons. The molecule has 0 aromatic rings.